The van der Waals surface area contributed by atoms with Gasteiger partial charge in [-0.05, 0) is 25.7 Å². The highest BCUT2D eigenvalue weighted by Gasteiger charge is 2.27. The molecule has 3 heteroatoms. The third-order valence-electron chi connectivity index (χ3n) is 3.74. The van der Waals surface area contributed by atoms with Gasteiger partial charge in [-0.1, -0.05) is 26.7 Å². The molecule has 1 rings (SSSR count). The van der Waals surface area contributed by atoms with Gasteiger partial charge in [0.2, 0.25) is 0 Å². The Hall–Kier alpha value is -0.120. The average Bonchev–Trinajstić information content (AvgIpc) is 2.34. The van der Waals surface area contributed by atoms with E-state index in [0.29, 0.717) is 24.1 Å². The summed E-state index contributed by atoms with van der Waals surface area (Å²) in [6, 6.07) is 0.942. The van der Waals surface area contributed by atoms with E-state index in [1.54, 1.807) is 0 Å². The number of rotatable bonds is 7. The molecule has 102 valence electrons. The lowest BCUT2D eigenvalue weighted by Crippen LogP contribution is -2.51. The van der Waals surface area contributed by atoms with Crippen LogP contribution in [0.4, 0.5) is 0 Å². The molecule has 0 saturated heterocycles. The van der Waals surface area contributed by atoms with Crippen LogP contribution in [0.5, 0.6) is 0 Å². The highest BCUT2D eigenvalue weighted by molar-refractivity contribution is 4.85. The summed E-state index contributed by atoms with van der Waals surface area (Å²) in [5.74, 6) is 0.598. The zero-order valence-corrected chi connectivity index (χ0v) is 11.9. The molecule has 0 aromatic heterocycles. The summed E-state index contributed by atoms with van der Waals surface area (Å²) in [4.78, 5) is 0. The van der Waals surface area contributed by atoms with Crippen LogP contribution in [0.15, 0.2) is 0 Å². The van der Waals surface area contributed by atoms with Crippen molar-refractivity contribution in [3.8, 4) is 0 Å². The van der Waals surface area contributed by atoms with Gasteiger partial charge in [0.1, 0.15) is 0 Å². The van der Waals surface area contributed by atoms with E-state index < -0.39 is 0 Å². The smallest absolute Gasteiger partial charge is 0.0724 e. The van der Waals surface area contributed by atoms with Gasteiger partial charge in [0.25, 0.3) is 0 Å². The number of hydrogen-bond donors (Lipinski definition) is 1. The Labute approximate surface area is 106 Å². The molecule has 0 heterocycles. The van der Waals surface area contributed by atoms with Crippen LogP contribution in [0.1, 0.15) is 46.5 Å². The number of hydrogen-bond acceptors (Lipinski definition) is 3. The molecule has 1 aliphatic rings. The Morgan fingerprint density at radius 1 is 1.24 bits per heavy atom. The summed E-state index contributed by atoms with van der Waals surface area (Å²) in [6.45, 7) is 8.16. The van der Waals surface area contributed by atoms with Crippen molar-refractivity contribution in [1.29, 1.82) is 0 Å². The second-order valence-corrected chi connectivity index (χ2v) is 5.34. The highest BCUT2D eigenvalue weighted by atomic mass is 16.5. The normalized spacial score (nSPS) is 27.4. The minimum Gasteiger partial charge on any atom is -0.380 e. The van der Waals surface area contributed by atoms with E-state index in [1.165, 1.54) is 25.7 Å². The molecule has 3 nitrogen and oxygen atoms in total. The molecule has 0 bridgehead atoms. The van der Waals surface area contributed by atoms with Crippen LogP contribution in [-0.4, -0.2) is 38.5 Å². The Kier molecular flexibility index (Phi) is 7.09. The molecule has 1 N–H and O–H groups in total. The van der Waals surface area contributed by atoms with Gasteiger partial charge in [-0.2, -0.15) is 0 Å². The van der Waals surface area contributed by atoms with E-state index in [2.05, 4.69) is 26.1 Å². The van der Waals surface area contributed by atoms with Crippen LogP contribution in [0.3, 0.4) is 0 Å². The van der Waals surface area contributed by atoms with Gasteiger partial charge < -0.3 is 14.8 Å². The first-order valence-electron chi connectivity index (χ1n) is 7.05. The van der Waals surface area contributed by atoms with Crippen molar-refractivity contribution in [1.82, 2.24) is 5.32 Å². The number of ether oxygens (including phenoxy) is 2. The van der Waals surface area contributed by atoms with Crippen molar-refractivity contribution in [3.05, 3.63) is 0 Å². The maximum atomic E-state index is 5.59. The fraction of sp³-hybridized carbons (Fsp3) is 1.00. The van der Waals surface area contributed by atoms with E-state index in [1.807, 2.05) is 7.11 Å². The lowest BCUT2D eigenvalue weighted by atomic mass is 9.91. The first kappa shape index (κ1) is 14.9. The van der Waals surface area contributed by atoms with Crippen LogP contribution >= 0.6 is 0 Å². The van der Waals surface area contributed by atoms with E-state index >= 15 is 0 Å². The molecule has 0 aromatic rings. The molecule has 0 aromatic carbocycles. The van der Waals surface area contributed by atoms with Gasteiger partial charge in [-0.3, -0.25) is 0 Å². The molecule has 0 spiro atoms. The van der Waals surface area contributed by atoms with Gasteiger partial charge in [0.05, 0.1) is 12.7 Å². The lowest BCUT2D eigenvalue weighted by molar-refractivity contribution is 0.0250. The molecule has 0 radical (unpaired) electrons. The third-order valence-corrected chi connectivity index (χ3v) is 3.74. The van der Waals surface area contributed by atoms with Crippen molar-refractivity contribution < 1.29 is 9.47 Å². The van der Waals surface area contributed by atoms with Crippen LogP contribution in [0.2, 0.25) is 0 Å². The molecule has 0 amide bonds. The molecular weight excluding hydrogens is 214 g/mol. The van der Waals surface area contributed by atoms with Crippen molar-refractivity contribution >= 4 is 0 Å². The summed E-state index contributed by atoms with van der Waals surface area (Å²) in [7, 11) is 1.83. The zero-order chi connectivity index (χ0) is 12.7. The summed E-state index contributed by atoms with van der Waals surface area (Å²) in [6.07, 6.45) is 5.42. The van der Waals surface area contributed by atoms with Crippen LogP contribution in [0, 0.1) is 5.92 Å². The van der Waals surface area contributed by atoms with Gasteiger partial charge >= 0.3 is 0 Å². The Morgan fingerprint density at radius 3 is 2.53 bits per heavy atom. The molecule has 1 saturated carbocycles. The minimum atomic E-state index is 0.381. The number of nitrogens with one attached hydrogen (secondary N) is 1. The highest BCUT2D eigenvalue weighted by Crippen LogP contribution is 2.22. The molecule has 0 aliphatic heterocycles. The van der Waals surface area contributed by atoms with Gasteiger partial charge in [0.15, 0.2) is 0 Å². The van der Waals surface area contributed by atoms with E-state index in [9.17, 15) is 0 Å². The summed E-state index contributed by atoms with van der Waals surface area (Å²) in [5, 5.41) is 3.74. The molecule has 1 fully saturated rings. The Balaban J connectivity index is 2.45. The van der Waals surface area contributed by atoms with Crippen LogP contribution in [0.25, 0.3) is 0 Å². The minimum absolute atomic E-state index is 0.381. The first-order chi connectivity index (χ1) is 8.19. The maximum Gasteiger partial charge on any atom is 0.0724 e. The monoisotopic (exact) mass is 243 g/mol. The van der Waals surface area contributed by atoms with Crippen molar-refractivity contribution in [2.45, 2.75) is 64.6 Å². The largest absolute Gasteiger partial charge is 0.380 e. The van der Waals surface area contributed by atoms with E-state index in [4.69, 9.17) is 9.47 Å². The molecule has 3 atom stereocenters. The van der Waals surface area contributed by atoms with Crippen LogP contribution < -0.4 is 5.32 Å². The predicted molar refractivity (Wildman–Crippen MR) is 71.3 cm³/mol. The molecular formula is C14H29NO2. The summed E-state index contributed by atoms with van der Waals surface area (Å²) >= 11 is 0. The van der Waals surface area contributed by atoms with Gasteiger partial charge in [-0.25, -0.2) is 0 Å². The van der Waals surface area contributed by atoms with Gasteiger partial charge in [-0.15, -0.1) is 0 Å². The molecule has 1 aliphatic carbocycles. The zero-order valence-electron chi connectivity index (χ0n) is 11.9. The Bertz CT molecular complexity index is 197. The van der Waals surface area contributed by atoms with E-state index in [0.717, 1.165) is 13.2 Å². The third kappa shape index (κ3) is 4.94. The van der Waals surface area contributed by atoms with Crippen LogP contribution in [-0.2, 0) is 9.47 Å². The average molecular weight is 243 g/mol. The topological polar surface area (TPSA) is 30.5 Å². The standard InChI is InChI=1S/C14H29NO2/c1-5-17-10-13(11(2)3)15-12-8-6-7-9-14(12)16-4/h11-15H,5-10H2,1-4H3. The van der Waals surface area contributed by atoms with Gasteiger partial charge in [0, 0.05) is 25.8 Å². The van der Waals surface area contributed by atoms with Crippen molar-refractivity contribution in [2.75, 3.05) is 20.3 Å². The molecule has 3 unspecified atom stereocenters. The van der Waals surface area contributed by atoms with Crippen molar-refractivity contribution in [3.63, 3.8) is 0 Å². The number of methoxy groups -OCH3 is 1. The second-order valence-electron chi connectivity index (χ2n) is 5.34. The van der Waals surface area contributed by atoms with E-state index in [-0.39, 0.29) is 0 Å². The summed E-state index contributed by atoms with van der Waals surface area (Å²) in [5.41, 5.74) is 0. The fourth-order valence-corrected chi connectivity index (χ4v) is 2.52. The fourth-order valence-electron chi connectivity index (χ4n) is 2.52. The maximum absolute atomic E-state index is 5.59. The lowest BCUT2D eigenvalue weighted by Gasteiger charge is -2.35. The first-order valence-corrected chi connectivity index (χ1v) is 7.05. The SMILES string of the molecule is CCOCC(NC1CCCCC1OC)C(C)C. The summed E-state index contributed by atoms with van der Waals surface area (Å²) < 4.78 is 11.1. The molecule has 17 heavy (non-hydrogen) atoms. The Morgan fingerprint density at radius 2 is 1.94 bits per heavy atom. The second kappa shape index (κ2) is 8.06. The predicted octanol–water partition coefficient (Wildman–Crippen LogP) is 2.59. The quantitative estimate of drug-likeness (QED) is 0.745. The van der Waals surface area contributed by atoms with Crippen molar-refractivity contribution in [2.24, 2.45) is 5.92 Å².